The van der Waals surface area contributed by atoms with Crippen LogP contribution in [0.4, 0.5) is 0 Å². The Kier molecular flexibility index (Phi) is 10.6. The second kappa shape index (κ2) is 11.0. The first-order chi connectivity index (χ1) is 9.88. The van der Waals surface area contributed by atoms with Gasteiger partial charge in [0.2, 0.25) is 0 Å². The van der Waals surface area contributed by atoms with E-state index in [0.717, 1.165) is 32.5 Å². The highest BCUT2D eigenvalue weighted by Crippen LogP contribution is 2.17. The highest BCUT2D eigenvalue weighted by molar-refractivity contribution is 5.06. The summed E-state index contributed by atoms with van der Waals surface area (Å²) < 4.78 is 10.3. The van der Waals surface area contributed by atoms with E-state index in [2.05, 4.69) is 37.1 Å². The molecule has 0 aromatic carbocycles. The molecule has 0 aromatic rings. The minimum atomic E-state index is -0.500. The van der Waals surface area contributed by atoms with Crippen molar-refractivity contribution >= 4 is 0 Å². The number of rotatable bonds is 12. The molecule has 5 heteroatoms. The van der Waals surface area contributed by atoms with E-state index in [0.29, 0.717) is 18.7 Å². The summed E-state index contributed by atoms with van der Waals surface area (Å²) in [5.74, 6) is 0. The molecule has 0 saturated heterocycles. The molecule has 0 fully saturated rings. The minimum absolute atomic E-state index is 0.294. The highest BCUT2D eigenvalue weighted by Gasteiger charge is 2.29. The summed E-state index contributed by atoms with van der Waals surface area (Å²) in [7, 11) is 3.44. The third-order valence-electron chi connectivity index (χ3n) is 3.56. The molecule has 0 saturated carbocycles. The summed E-state index contributed by atoms with van der Waals surface area (Å²) >= 11 is 0. The Labute approximate surface area is 130 Å². The molecule has 21 heavy (non-hydrogen) atoms. The maximum Gasteiger partial charge on any atom is 0.105 e. The summed E-state index contributed by atoms with van der Waals surface area (Å²) in [6, 6.07) is 3.03. The van der Waals surface area contributed by atoms with Gasteiger partial charge in [-0.05, 0) is 40.5 Å². The fraction of sp³-hybridized carbons (Fsp3) is 0.938. The van der Waals surface area contributed by atoms with Gasteiger partial charge in [-0.3, -0.25) is 10.2 Å². The second-order valence-corrected chi connectivity index (χ2v) is 6.17. The van der Waals surface area contributed by atoms with Gasteiger partial charge in [0.05, 0.1) is 12.7 Å². The SMILES string of the molecule is COCCCN(CCOC)C(C)CC(C)(C#N)NC(C)C. The van der Waals surface area contributed by atoms with E-state index in [-0.39, 0.29) is 0 Å². The van der Waals surface area contributed by atoms with Crippen LogP contribution in [0.15, 0.2) is 0 Å². The first kappa shape index (κ1) is 20.3. The molecule has 124 valence electrons. The van der Waals surface area contributed by atoms with Crippen molar-refractivity contribution in [2.45, 2.75) is 58.2 Å². The maximum atomic E-state index is 9.48. The molecule has 0 amide bonds. The molecular formula is C16H33N3O2. The molecule has 0 bridgehead atoms. The number of nitrogens with zero attached hydrogens (tertiary/aromatic N) is 2. The van der Waals surface area contributed by atoms with Crippen LogP contribution in [0, 0.1) is 11.3 Å². The van der Waals surface area contributed by atoms with Gasteiger partial charge in [0, 0.05) is 46.0 Å². The number of methoxy groups -OCH3 is 2. The lowest BCUT2D eigenvalue weighted by Gasteiger charge is -2.35. The zero-order valence-corrected chi connectivity index (χ0v) is 14.6. The van der Waals surface area contributed by atoms with E-state index < -0.39 is 5.54 Å². The monoisotopic (exact) mass is 299 g/mol. The lowest BCUT2D eigenvalue weighted by atomic mass is 9.93. The average molecular weight is 299 g/mol. The van der Waals surface area contributed by atoms with Crippen molar-refractivity contribution in [3.05, 3.63) is 0 Å². The summed E-state index contributed by atoms with van der Waals surface area (Å²) in [6.45, 7) is 11.6. The second-order valence-electron chi connectivity index (χ2n) is 6.17. The van der Waals surface area contributed by atoms with E-state index in [4.69, 9.17) is 9.47 Å². The van der Waals surface area contributed by atoms with E-state index in [9.17, 15) is 5.26 Å². The molecule has 0 aliphatic carbocycles. The van der Waals surface area contributed by atoms with Crippen molar-refractivity contribution in [1.82, 2.24) is 10.2 Å². The predicted molar refractivity (Wildman–Crippen MR) is 86.3 cm³/mol. The Balaban J connectivity index is 4.61. The molecule has 2 unspecified atom stereocenters. The first-order valence-corrected chi connectivity index (χ1v) is 7.79. The van der Waals surface area contributed by atoms with Crippen LogP contribution in [0.5, 0.6) is 0 Å². The summed E-state index contributed by atoms with van der Waals surface area (Å²) in [5, 5.41) is 12.9. The minimum Gasteiger partial charge on any atom is -0.385 e. The summed E-state index contributed by atoms with van der Waals surface area (Å²) in [5.41, 5.74) is -0.500. The molecule has 0 heterocycles. The van der Waals surface area contributed by atoms with Gasteiger partial charge in [0.15, 0.2) is 0 Å². The molecule has 2 atom stereocenters. The molecule has 0 aliphatic heterocycles. The number of hydrogen-bond acceptors (Lipinski definition) is 5. The number of hydrogen-bond donors (Lipinski definition) is 1. The number of ether oxygens (including phenoxy) is 2. The van der Waals surface area contributed by atoms with E-state index >= 15 is 0 Å². The van der Waals surface area contributed by atoms with Gasteiger partial charge in [0.1, 0.15) is 5.54 Å². The molecule has 1 N–H and O–H groups in total. The molecule has 0 spiro atoms. The quantitative estimate of drug-likeness (QED) is 0.559. The molecule has 0 aliphatic rings. The van der Waals surface area contributed by atoms with Crippen molar-refractivity contribution in [3.63, 3.8) is 0 Å². The van der Waals surface area contributed by atoms with Gasteiger partial charge in [-0.2, -0.15) is 5.26 Å². The van der Waals surface area contributed by atoms with Gasteiger partial charge >= 0.3 is 0 Å². The van der Waals surface area contributed by atoms with Crippen LogP contribution in [0.2, 0.25) is 0 Å². The Morgan fingerprint density at radius 1 is 1.14 bits per heavy atom. The lowest BCUT2D eigenvalue weighted by Crippen LogP contribution is -2.50. The Bertz CT molecular complexity index is 304. The lowest BCUT2D eigenvalue weighted by molar-refractivity contribution is 0.100. The summed E-state index contributed by atoms with van der Waals surface area (Å²) in [6.07, 6.45) is 1.78. The zero-order valence-electron chi connectivity index (χ0n) is 14.6. The number of nitrogens with one attached hydrogen (secondary N) is 1. The summed E-state index contributed by atoms with van der Waals surface area (Å²) in [4.78, 5) is 2.38. The van der Waals surface area contributed by atoms with Gasteiger partial charge in [-0.15, -0.1) is 0 Å². The van der Waals surface area contributed by atoms with Crippen molar-refractivity contribution in [1.29, 1.82) is 5.26 Å². The van der Waals surface area contributed by atoms with Gasteiger partial charge in [-0.25, -0.2) is 0 Å². The van der Waals surface area contributed by atoms with Crippen LogP contribution in [0.25, 0.3) is 0 Å². The smallest absolute Gasteiger partial charge is 0.105 e. The zero-order chi connectivity index (χ0) is 16.3. The van der Waals surface area contributed by atoms with Crippen LogP contribution in [-0.2, 0) is 9.47 Å². The molecule has 0 radical (unpaired) electrons. The van der Waals surface area contributed by atoms with Crippen LogP contribution < -0.4 is 5.32 Å². The van der Waals surface area contributed by atoms with Crippen molar-refractivity contribution in [2.24, 2.45) is 0 Å². The Morgan fingerprint density at radius 2 is 1.76 bits per heavy atom. The van der Waals surface area contributed by atoms with Gasteiger partial charge in [0.25, 0.3) is 0 Å². The Hall–Kier alpha value is -0.670. The van der Waals surface area contributed by atoms with Crippen molar-refractivity contribution in [2.75, 3.05) is 40.5 Å². The van der Waals surface area contributed by atoms with Crippen LogP contribution in [0.1, 0.15) is 40.5 Å². The first-order valence-electron chi connectivity index (χ1n) is 7.79. The largest absolute Gasteiger partial charge is 0.385 e. The van der Waals surface area contributed by atoms with Crippen LogP contribution in [0.3, 0.4) is 0 Å². The third-order valence-corrected chi connectivity index (χ3v) is 3.56. The van der Waals surface area contributed by atoms with E-state index in [1.807, 2.05) is 6.92 Å². The van der Waals surface area contributed by atoms with Crippen LogP contribution >= 0.6 is 0 Å². The van der Waals surface area contributed by atoms with Gasteiger partial charge in [-0.1, -0.05) is 0 Å². The molecule has 5 nitrogen and oxygen atoms in total. The van der Waals surface area contributed by atoms with E-state index in [1.54, 1.807) is 14.2 Å². The Morgan fingerprint density at radius 3 is 2.24 bits per heavy atom. The van der Waals surface area contributed by atoms with Crippen molar-refractivity contribution < 1.29 is 9.47 Å². The fourth-order valence-corrected chi connectivity index (χ4v) is 2.67. The number of nitriles is 1. The third kappa shape index (κ3) is 9.05. The standard InChI is InChI=1S/C16H33N3O2/c1-14(2)18-16(4,13-17)12-15(3)19(9-11-21-6)8-7-10-20-5/h14-15,18H,7-12H2,1-6H3. The van der Waals surface area contributed by atoms with E-state index in [1.165, 1.54) is 0 Å². The molecular weight excluding hydrogens is 266 g/mol. The topological polar surface area (TPSA) is 57.5 Å². The average Bonchev–Trinajstić information content (AvgIpc) is 2.41. The predicted octanol–water partition coefficient (Wildman–Crippen LogP) is 2.03. The fourth-order valence-electron chi connectivity index (χ4n) is 2.67. The van der Waals surface area contributed by atoms with Crippen molar-refractivity contribution in [3.8, 4) is 6.07 Å². The normalized spacial score (nSPS) is 16.0. The highest BCUT2D eigenvalue weighted by atomic mass is 16.5. The van der Waals surface area contributed by atoms with Gasteiger partial charge < -0.3 is 9.47 Å². The van der Waals surface area contributed by atoms with Crippen LogP contribution in [-0.4, -0.2) is 63.0 Å². The molecule has 0 aromatic heterocycles. The molecule has 0 rings (SSSR count). The maximum absolute atomic E-state index is 9.48.